The lowest BCUT2D eigenvalue weighted by molar-refractivity contribution is -0.124. The number of hydrogen-bond acceptors (Lipinski definition) is 4. The van der Waals surface area contributed by atoms with Gasteiger partial charge < -0.3 is 15.3 Å². The van der Waals surface area contributed by atoms with Crippen LogP contribution in [-0.4, -0.2) is 41.2 Å². The van der Waals surface area contributed by atoms with Gasteiger partial charge in [-0.3, -0.25) is 4.79 Å². The van der Waals surface area contributed by atoms with Crippen LogP contribution >= 0.6 is 11.6 Å². The average molecular weight is 312 g/mol. The normalized spacial score (nSPS) is 19.9. The summed E-state index contributed by atoms with van der Waals surface area (Å²) in [5.41, 5.74) is 0. The summed E-state index contributed by atoms with van der Waals surface area (Å²) >= 11 is 6.14. The van der Waals surface area contributed by atoms with Crippen molar-refractivity contribution in [2.24, 2.45) is 5.92 Å². The molecule has 2 N–H and O–H groups in total. The Morgan fingerprint density at radius 1 is 1.62 bits per heavy atom. The van der Waals surface area contributed by atoms with Crippen LogP contribution in [0.3, 0.4) is 0 Å². The van der Waals surface area contributed by atoms with Crippen LogP contribution in [0.4, 0.5) is 5.82 Å². The summed E-state index contributed by atoms with van der Waals surface area (Å²) in [6.07, 6.45) is 2.13. The first-order valence-electron chi connectivity index (χ1n) is 7.30. The molecule has 6 heteroatoms. The number of pyridine rings is 1. The third kappa shape index (κ3) is 4.32. The van der Waals surface area contributed by atoms with E-state index in [2.05, 4.69) is 15.2 Å². The summed E-state index contributed by atoms with van der Waals surface area (Å²) in [5, 5.41) is 13.3. The van der Waals surface area contributed by atoms with Crippen molar-refractivity contribution in [1.82, 2.24) is 10.3 Å². The lowest BCUT2D eigenvalue weighted by atomic mass is 10.0. The van der Waals surface area contributed by atoms with Crippen molar-refractivity contribution in [3.63, 3.8) is 0 Å². The predicted molar refractivity (Wildman–Crippen MR) is 83.5 cm³/mol. The first-order valence-corrected chi connectivity index (χ1v) is 7.68. The molecule has 0 spiro atoms. The van der Waals surface area contributed by atoms with E-state index < -0.39 is 6.10 Å². The number of amides is 1. The fourth-order valence-electron chi connectivity index (χ4n) is 2.39. The number of anilines is 1. The van der Waals surface area contributed by atoms with E-state index in [-0.39, 0.29) is 24.3 Å². The van der Waals surface area contributed by atoms with Crippen LogP contribution in [-0.2, 0) is 4.79 Å². The molecule has 1 aliphatic rings. The fraction of sp³-hybridized carbons (Fsp3) is 0.600. The molecule has 2 unspecified atom stereocenters. The molecular formula is C15H22ClN3O2. The largest absolute Gasteiger partial charge is 0.392 e. The van der Waals surface area contributed by atoms with Gasteiger partial charge in [-0.2, -0.15) is 0 Å². The highest BCUT2D eigenvalue weighted by Crippen LogP contribution is 2.25. The molecule has 116 valence electrons. The Morgan fingerprint density at radius 2 is 2.38 bits per heavy atom. The maximum atomic E-state index is 11.9. The van der Waals surface area contributed by atoms with E-state index in [1.807, 2.05) is 19.9 Å². The number of aromatic nitrogens is 1. The highest BCUT2D eigenvalue weighted by atomic mass is 35.5. The number of carbonyl (C=O) groups is 1. The Hall–Kier alpha value is -1.33. The molecule has 0 aromatic carbocycles. The van der Waals surface area contributed by atoms with Gasteiger partial charge in [-0.25, -0.2) is 4.98 Å². The van der Waals surface area contributed by atoms with E-state index in [4.69, 9.17) is 11.6 Å². The van der Waals surface area contributed by atoms with Crippen molar-refractivity contribution in [3.8, 4) is 0 Å². The third-order valence-electron chi connectivity index (χ3n) is 3.76. The van der Waals surface area contributed by atoms with Gasteiger partial charge in [-0.15, -0.1) is 0 Å². The average Bonchev–Trinajstić information content (AvgIpc) is 2.87. The molecular weight excluding hydrogens is 290 g/mol. The highest BCUT2D eigenvalue weighted by Gasteiger charge is 2.26. The van der Waals surface area contributed by atoms with Crippen LogP contribution in [0.5, 0.6) is 0 Å². The van der Waals surface area contributed by atoms with Crippen LogP contribution in [0.2, 0.25) is 5.02 Å². The Bertz CT molecular complexity index is 496. The number of nitrogens with one attached hydrogen (secondary N) is 1. The Balaban J connectivity index is 1.86. The molecule has 1 fully saturated rings. The van der Waals surface area contributed by atoms with E-state index in [1.165, 1.54) is 0 Å². The maximum Gasteiger partial charge on any atom is 0.222 e. The molecule has 1 aromatic heterocycles. The fourth-order valence-corrected chi connectivity index (χ4v) is 2.63. The highest BCUT2D eigenvalue weighted by molar-refractivity contribution is 6.32. The van der Waals surface area contributed by atoms with Crippen LogP contribution in [0.15, 0.2) is 18.3 Å². The Labute approximate surface area is 130 Å². The van der Waals surface area contributed by atoms with Gasteiger partial charge in [0.25, 0.3) is 0 Å². The minimum absolute atomic E-state index is 0.0786. The minimum Gasteiger partial charge on any atom is -0.392 e. The second-order valence-corrected chi connectivity index (χ2v) is 6.23. The summed E-state index contributed by atoms with van der Waals surface area (Å²) in [4.78, 5) is 18.3. The van der Waals surface area contributed by atoms with Gasteiger partial charge in [0.05, 0.1) is 17.5 Å². The summed E-state index contributed by atoms with van der Waals surface area (Å²) in [6, 6.07) is 3.69. The Morgan fingerprint density at radius 3 is 3.05 bits per heavy atom. The maximum absolute atomic E-state index is 11.9. The van der Waals surface area contributed by atoms with Gasteiger partial charge in [-0.05, 0) is 24.5 Å². The van der Waals surface area contributed by atoms with Gasteiger partial charge in [0.15, 0.2) is 0 Å². The van der Waals surface area contributed by atoms with E-state index in [0.29, 0.717) is 11.6 Å². The molecule has 1 amide bonds. The predicted octanol–water partition coefficient (Wildman–Crippen LogP) is 1.84. The quantitative estimate of drug-likeness (QED) is 0.871. The van der Waals surface area contributed by atoms with Crippen LogP contribution in [0, 0.1) is 5.92 Å². The molecule has 0 bridgehead atoms. The van der Waals surface area contributed by atoms with E-state index in [9.17, 15) is 9.90 Å². The second-order valence-electron chi connectivity index (χ2n) is 5.82. The number of nitrogens with zero attached hydrogens (tertiary/aromatic N) is 2. The van der Waals surface area contributed by atoms with Crippen molar-refractivity contribution in [1.29, 1.82) is 0 Å². The molecule has 2 atom stereocenters. The zero-order chi connectivity index (χ0) is 15.4. The molecule has 1 aromatic rings. The molecule has 5 nitrogen and oxygen atoms in total. The third-order valence-corrected chi connectivity index (χ3v) is 4.05. The van der Waals surface area contributed by atoms with Gasteiger partial charge >= 0.3 is 0 Å². The lowest BCUT2D eigenvalue weighted by Crippen LogP contribution is -2.39. The van der Waals surface area contributed by atoms with Gasteiger partial charge in [0.2, 0.25) is 5.91 Å². The number of hydrogen-bond donors (Lipinski definition) is 2. The van der Waals surface area contributed by atoms with Crippen LogP contribution in [0.25, 0.3) is 0 Å². The Kier molecular flexibility index (Phi) is 5.42. The SMILES string of the molecule is CC(C)C(O)CC(=O)NC1CCN(c2ncccc2Cl)C1. The number of halogens is 1. The van der Waals surface area contributed by atoms with Crippen LogP contribution in [0.1, 0.15) is 26.7 Å². The number of rotatable bonds is 5. The molecule has 0 aliphatic carbocycles. The molecule has 2 heterocycles. The topological polar surface area (TPSA) is 65.5 Å². The number of carbonyl (C=O) groups excluding carboxylic acids is 1. The zero-order valence-electron chi connectivity index (χ0n) is 12.4. The molecule has 0 radical (unpaired) electrons. The molecule has 21 heavy (non-hydrogen) atoms. The first kappa shape index (κ1) is 16.0. The van der Waals surface area contributed by atoms with Crippen molar-refractivity contribution in [2.45, 2.75) is 38.8 Å². The number of aliphatic hydroxyl groups excluding tert-OH is 1. The second kappa shape index (κ2) is 7.09. The van der Waals surface area contributed by atoms with Gasteiger partial charge in [0.1, 0.15) is 5.82 Å². The minimum atomic E-state index is -0.590. The standard InChI is InChI=1S/C15H22ClN3O2/c1-10(2)13(20)8-14(21)18-11-5-7-19(9-11)15-12(16)4-3-6-17-15/h3-4,6,10-11,13,20H,5,7-9H2,1-2H3,(H,18,21). The van der Waals surface area contributed by atoms with Crippen molar-refractivity contribution >= 4 is 23.3 Å². The zero-order valence-corrected chi connectivity index (χ0v) is 13.2. The van der Waals surface area contributed by atoms with Crippen molar-refractivity contribution in [3.05, 3.63) is 23.4 Å². The van der Waals surface area contributed by atoms with Crippen LogP contribution < -0.4 is 10.2 Å². The smallest absolute Gasteiger partial charge is 0.222 e. The summed E-state index contributed by atoms with van der Waals surface area (Å²) in [7, 11) is 0. The molecule has 1 aliphatic heterocycles. The molecule has 0 saturated carbocycles. The summed E-state index contributed by atoms with van der Waals surface area (Å²) in [6.45, 7) is 5.31. The number of aliphatic hydroxyl groups is 1. The lowest BCUT2D eigenvalue weighted by Gasteiger charge is -2.19. The monoisotopic (exact) mass is 311 g/mol. The van der Waals surface area contributed by atoms with E-state index in [1.54, 1.807) is 12.3 Å². The van der Waals surface area contributed by atoms with E-state index in [0.717, 1.165) is 18.8 Å². The van der Waals surface area contributed by atoms with Crippen molar-refractivity contribution < 1.29 is 9.90 Å². The first-order chi connectivity index (χ1) is 9.97. The van der Waals surface area contributed by atoms with Gasteiger partial charge in [-0.1, -0.05) is 25.4 Å². The van der Waals surface area contributed by atoms with E-state index >= 15 is 0 Å². The van der Waals surface area contributed by atoms with Gasteiger partial charge in [0, 0.05) is 25.3 Å². The molecule has 2 rings (SSSR count). The molecule has 1 saturated heterocycles. The summed E-state index contributed by atoms with van der Waals surface area (Å²) in [5.74, 6) is 0.747. The summed E-state index contributed by atoms with van der Waals surface area (Å²) < 4.78 is 0. The van der Waals surface area contributed by atoms with Crippen molar-refractivity contribution in [2.75, 3.05) is 18.0 Å².